The standard InChI is InChI=1S/C33H50N4O12/c1-18-12-22(13-19(2)26(18)41)29(43)34-15-24(40)27(42)28-25(35-21(4)38)23(39)14-33(49-28,31(45)46)7-9-37-10-11-48-17-32(37)6-8-36(16-32)30(44)20(3)47-5/h12-13,20,23-25,27-28,39-42H,6-11,14-17H2,1-5H3,(H,34,43)(H,35,38)(H,45,46)/t20?,23-,24+,25+,27+,28+,32-,33+/m0/s1. The lowest BCUT2D eigenvalue weighted by Gasteiger charge is -2.49. The number of nitrogens with one attached hydrogen (secondary N) is 2. The Balaban J connectivity index is 1.51. The number of aromatic hydroxyl groups is 1. The van der Waals surface area contributed by atoms with Crippen molar-refractivity contribution in [1.29, 1.82) is 0 Å². The zero-order chi connectivity index (χ0) is 36.3. The number of phenols is 1. The molecule has 0 bridgehead atoms. The van der Waals surface area contributed by atoms with E-state index in [1.165, 1.54) is 26.2 Å². The molecule has 1 aromatic carbocycles. The third-order valence-corrected chi connectivity index (χ3v) is 10.1. The lowest BCUT2D eigenvalue weighted by molar-refractivity contribution is -0.231. The van der Waals surface area contributed by atoms with Gasteiger partial charge in [-0.15, -0.1) is 0 Å². The summed E-state index contributed by atoms with van der Waals surface area (Å²) in [6.45, 7) is 7.83. The Bertz CT molecular complexity index is 1370. The van der Waals surface area contributed by atoms with Crippen LogP contribution >= 0.6 is 0 Å². The van der Waals surface area contributed by atoms with Gasteiger partial charge in [0.15, 0.2) is 5.60 Å². The molecule has 1 aromatic rings. The number of rotatable bonds is 12. The molecule has 1 spiro atoms. The van der Waals surface area contributed by atoms with Gasteiger partial charge in [-0.05, 0) is 50.5 Å². The van der Waals surface area contributed by atoms with Gasteiger partial charge in [-0.2, -0.15) is 0 Å². The molecule has 8 atom stereocenters. The largest absolute Gasteiger partial charge is 0.507 e. The van der Waals surface area contributed by atoms with Crippen molar-refractivity contribution >= 4 is 23.7 Å². The van der Waals surface area contributed by atoms with Crippen LogP contribution in [0.25, 0.3) is 0 Å². The Labute approximate surface area is 285 Å². The number of methoxy groups -OCH3 is 1. The number of aliphatic carboxylic acids is 1. The van der Waals surface area contributed by atoms with E-state index in [0.717, 1.165) is 0 Å². The Morgan fingerprint density at radius 2 is 1.82 bits per heavy atom. The first kappa shape index (κ1) is 38.4. The van der Waals surface area contributed by atoms with E-state index < -0.39 is 78.5 Å². The smallest absolute Gasteiger partial charge is 0.336 e. The maximum absolute atomic E-state index is 12.9. The first-order valence-corrected chi connectivity index (χ1v) is 16.5. The van der Waals surface area contributed by atoms with E-state index in [-0.39, 0.29) is 30.2 Å². The van der Waals surface area contributed by atoms with Gasteiger partial charge in [0.25, 0.3) is 11.8 Å². The molecule has 0 aliphatic carbocycles. The number of carbonyl (C=O) groups excluding carboxylic acids is 3. The van der Waals surface area contributed by atoms with Crippen molar-refractivity contribution in [2.24, 2.45) is 0 Å². The maximum Gasteiger partial charge on any atom is 0.336 e. The van der Waals surface area contributed by atoms with E-state index in [1.54, 1.807) is 25.7 Å². The minimum atomic E-state index is -2.03. The van der Waals surface area contributed by atoms with Crippen LogP contribution in [0.3, 0.4) is 0 Å². The van der Waals surface area contributed by atoms with Crippen LogP contribution in [0.1, 0.15) is 54.6 Å². The number of hydrogen-bond acceptors (Lipinski definition) is 12. The SMILES string of the molecule is COC(C)C(=O)N1CC[C@@]2(COCCN2CC[C@]2(C(=O)O)C[C@H](O)[C@@H](NC(C)=O)[C@H]([C@H](O)[C@H](O)CNC(=O)c3cc(C)c(O)c(C)c3)O2)C1. The fraction of sp³-hybridized carbons (Fsp3) is 0.697. The summed E-state index contributed by atoms with van der Waals surface area (Å²) in [6.07, 6.45) is -7.19. The van der Waals surface area contributed by atoms with E-state index in [9.17, 15) is 44.7 Å². The van der Waals surface area contributed by atoms with Crippen molar-refractivity contribution in [3.8, 4) is 5.75 Å². The van der Waals surface area contributed by atoms with Crippen LogP contribution in [0.2, 0.25) is 0 Å². The molecule has 0 radical (unpaired) electrons. The number of carboxylic acid groups (broad SMARTS) is 1. The van der Waals surface area contributed by atoms with Gasteiger partial charge >= 0.3 is 5.97 Å². The number of nitrogens with zero attached hydrogens (tertiary/aromatic N) is 2. The molecule has 16 heteroatoms. The fourth-order valence-corrected chi connectivity index (χ4v) is 7.10. The normalized spacial score (nSPS) is 29.3. The Morgan fingerprint density at radius 3 is 2.43 bits per heavy atom. The Hall–Kier alpha value is -3.38. The van der Waals surface area contributed by atoms with E-state index in [0.29, 0.717) is 50.4 Å². The molecule has 3 aliphatic heterocycles. The van der Waals surface area contributed by atoms with Crippen LogP contribution in [0.5, 0.6) is 5.75 Å². The summed E-state index contributed by atoms with van der Waals surface area (Å²) in [4.78, 5) is 54.5. The lowest BCUT2D eigenvalue weighted by atomic mass is 9.81. The third kappa shape index (κ3) is 8.33. The van der Waals surface area contributed by atoms with Gasteiger partial charge in [-0.25, -0.2) is 4.79 Å². The number of aliphatic hydroxyl groups excluding tert-OH is 3. The molecule has 0 aromatic heterocycles. The van der Waals surface area contributed by atoms with Gasteiger partial charge in [0.2, 0.25) is 5.91 Å². The summed E-state index contributed by atoms with van der Waals surface area (Å²) >= 11 is 0. The van der Waals surface area contributed by atoms with E-state index in [4.69, 9.17) is 14.2 Å². The predicted molar refractivity (Wildman–Crippen MR) is 173 cm³/mol. The molecule has 3 heterocycles. The zero-order valence-corrected chi connectivity index (χ0v) is 28.7. The first-order chi connectivity index (χ1) is 23.0. The number of phenolic OH excluding ortho intramolecular Hbond substituents is 1. The Morgan fingerprint density at radius 1 is 1.14 bits per heavy atom. The third-order valence-electron chi connectivity index (χ3n) is 10.1. The molecule has 49 heavy (non-hydrogen) atoms. The lowest BCUT2D eigenvalue weighted by Crippen LogP contribution is -2.68. The van der Waals surface area contributed by atoms with Crippen LogP contribution < -0.4 is 10.6 Å². The van der Waals surface area contributed by atoms with Crippen LogP contribution in [0.15, 0.2) is 12.1 Å². The van der Waals surface area contributed by atoms with Gasteiger partial charge < -0.3 is 55.3 Å². The second kappa shape index (κ2) is 15.7. The van der Waals surface area contributed by atoms with Gasteiger partial charge in [0, 0.05) is 65.2 Å². The first-order valence-electron chi connectivity index (χ1n) is 16.5. The summed E-state index contributed by atoms with van der Waals surface area (Å²) in [6, 6.07) is 1.66. The van der Waals surface area contributed by atoms with E-state index >= 15 is 0 Å². The molecule has 16 nitrogen and oxygen atoms in total. The number of morpholine rings is 1. The summed E-state index contributed by atoms with van der Waals surface area (Å²) < 4.78 is 17.1. The Kier molecular flexibility index (Phi) is 12.3. The van der Waals surface area contributed by atoms with Crippen LogP contribution in [-0.2, 0) is 28.6 Å². The number of carboxylic acids is 1. The maximum atomic E-state index is 12.9. The summed E-state index contributed by atoms with van der Waals surface area (Å²) in [5, 5.41) is 59.1. The average Bonchev–Trinajstić information content (AvgIpc) is 3.48. The molecular weight excluding hydrogens is 644 g/mol. The van der Waals surface area contributed by atoms with Gasteiger partial charge in [0.05, 0.1) is 37.0 Å². The van der Waals surface area contributed by atoms with Crippen molar-refractivity contribution in [2.75, 3.05) is 53.0 Å². The zero-order valence-electron chi connectivity index (χ0n) is 28.7. The molecule has 4 rings (SSSR count). The minimum Gasteiger partial charge on any atom is -0.507 e. The van der Waals surface area contributed by atoms with Crippen molar-refractivity contribution in [1.82, 2.24) is 20.4 Å². The topological polar surface area (TPSA) is 228 Å². The second-order valence-electron chi connectivity index (χ2n) is 13.5. The van der Waals surface area contributed by atoms with Gasteiger partial charge in [-0.1, -0.05) is 0 Å². The molecule has 7 N–H and O–H groups in total. The number of ether oxygens (including phenoxy) is 3. The number of likely N-dealkylation sites (tertiary alicyclic amines) is 1. The average molecular weight is 695 g/mol. The molecule has 3 aliphatic rings. The molecule has 0 saturated carbocycles. The minimum absolute atomic E-state index is 0.0479. The molecular formula is C33H50N4O12. The highest BCUT2D eigenvalue weighted by Gasteiger charge is 2.55. The van der Waals surface area contributed by atoms with Crippen molar-refractivity contribution < 1.29 is 58.9 Å². The van der Waals surface area contributed by atoms with Crippen molar-refractivity contribution in [3.05, 3.63) is 28.8 Å². The molecule has 1 unspecified atom stereocenters. The number of aliphatic hydroxyl groups is 3. The number of aryl methyl sites for hydroxylation is 2. The number of amides is 3. The highest BCUT2D eigenvalue weighted by atomic mass is 16.6. The molecule has 274 valence electrons. The summed E-state index contributed by atoms with van der Waals surface area (Å²) in [5.74, 6) is -2.68. The second-order valence-corrected chi connectivity index (χ2v) is 13.5. The van der Waals surface area contributed by atoms with Crippen molar-refractivity contribution in [3.63, 3.8) is 0 Å². The van der Waals surface area contributed by atoms with Gasteiger partial charge in [0.1, 0.15) is 24.1 Å². The number of benzene rings is 1. The fourth-order valence-electron chi connectivity index (χ4n) is 7.10. The highest BCUT2D eigenvalue weighted by Crippen LogP contribution is 2.38. The van der Waals surface area contributed by atoms with E-state index in [1.807, 2.05) is 0 Å². The van der Waals surface area contributed by atoms with E-state index in [2.05, 4.69) is 15.5 Å². The number of hydrogen-bond donors (Lipinski definition) is 7. The quantitative estimate of drug-likeness (QED) is 0.135. The van der Waals surface area contributed by atoms with Gasteiger partial charge in [-0.3, -0.25) is 19.3 Å². The van der Waals surface area contributed by atoms with Crippen LogP contribution in [-0.4, -0.2) is 160 Å². The molecule has 3 saturated heterocycles. The monoisotopic (exact) mass is 694 g/mol. The molecule has 3 amide bonds. The van der Waals surface area contributed by atoms with Crippen molar-refractivity contribution in [2.45, 2.75) is 94.7 Å². The summed E-state index contributed by atoms with van der Waals surface area (Å²) in [7, 11) is 1.46. The summed E-state index contributed by atoms with van der Waals surface area (Å²) in [5.41, 5.74) is -1.44. The van der Waals surface area contributed by atoms with Crippen LogP contribution in [0.4, 0.5) is 0 Å². The predicted octanol–water partition coefficient (Wildman–Crippen LogP) is -1.33. The molecule has 3 fully saturated rings. The van der Waals surface area contributed by atoms with Crippen LogP contribution in [0, 0.1) is 13.8 Å². The highest BCUT2D eigenvalue weighted by molar-refractivity contribution is 5.95. The number of carbonyl (C=O) groups is 4.